The predicted molar refractivity (Wildman–Crippen MR) is 156 cm³/mol. The Hall–Kier alpha value is -4.52. The van der Waals surface area contributed by atoms with Crippen LogP contribution in [0.2, 0.25) is 0 Å². The van der Waals surface area contributed by atoms with Crippen LogP contribution in [-0.2, 0) is 46.5 Å². The summed E-state index contributed by atoms with van der Waals surface area (Å²) < 4.78 is 39.8. The zero-order chi connectivity index (χ0) is 31.3. The molecule has 4 atom stereocenters. The number of benzene rings is 2. The van der Waals surface area contributed by atoms with Crippen LogP contribution in [0.15, 0.2) is 72.9 Å². The first-order valence-electron chi connectivity index (χ1n) is 14.0. The quantitative estimate of drug-likeness (QED) is 0.239. The number of carbonyl (C=O) groups is 3. The highest BCUT2D eigenvalue weighted by Gasteiger charge is 2.37. The molecule has 234 valence electrons. The number of nitrogens with one attached hydrogen (secondary N) is 1. The maximum Gasteiger partial charge on any atom is 0.331 e. The Bertz CT molecular complexity index is 1370. The Morgan fingerprint density at radius 1 is 0.955 bits per heavy atom. The molecule has 1 fully saturated rings. The summed E-state index contributed by atoms with van der Waals surface area (Å²) in [6.45, 7) is 2.86. The number of amides is 1. The number of nitrogens with zero attached hydrogens (tertiary/aromatic N) is 1. The van der Waals surface area contributed by atoms with Gasteiger partial charge in [-0.3, -0.25) is 9.59 Å². The van der Waals surface area contributed by atoms with Crippen molar-refractivity contribution in [1.82, 2.24) is 10.3 Å². The van der Waals surface area contributed by atoms with E-state index >= 15 is 0 Å². The van der Waals surface area contributed by atoms with Gasteiger partial charge in [0.15, 0.2) is 23.2 Å². The van der Waals surface area contributed by atoms with Crippen LogP contribution in [0.1, 0.15) is 35.5 Å². The SMILES string of the molecule is COc1ccnc(C(=O)N[C@H]2COC[C@H](OCc3ccccc3)[C@@H](OCc3ccccc3)[C@H](C)OC2=O)c1OCOC(C)=O. The van der Waals surface area contributed by atoms with Crippen LogP contribution < -0.4 is 14.8 Å². The highest BCUT2D eigenvalue weighted by molar-refractivity contribution is 5.98. The molecule has 1 aliphatic heterocycles. The molecule has 0 radical (unpaired) electrons. The Morgan fingerprint density at radius 2 is 1.61 bits per heavy atom. The van der Waals surface area contributed by atoms with Crippen LogP contribution in [0, 0.1) is 0 Å². The molecular formula is C32H36N2O10. The largest absolute Gasteiger partial charge is 0.493 e. The van der Waals surface area contributed by atoms with Crippen molar-refractivity contribution in [2.75, 3.05) is 27.1 Å². The molecule has 0 aliphatic carbocycles. The van der Waals surface area contributed by atoms with Gasteiger partial charge in [0.2, 0.25) is 6.79 Å². The zero-order valence-electron chi connectivity index (χ0n) is 24.8. The van der Waals surface area contributed by atoms with Gasteiger partial charge in [0.25, 0.3) is 5.91 Å². The predicted octanol–water partition coefficient (Wildman–Crippen LogP) is 3.22. The lowest BCUT2D eigenvalue weighted by Gasteiger charge is -2.30. The van der Waals surface area contributed by atoms with Gasteiger partial charge < -0.3 is 38.5 Å². The normalized spacial score (nSPS) is 20.3. The van der Waals surface area contributed by atoms with Gasteiger partial charge in [-0.05, 0) is 18.1 Å². The molecule has 0 unspecified atom stereocenters. The van der Waals surface area contributed by atoms with E-state index < -0.39 is 49.0 Å². The molecule has 2 aromatic carbocycles. The van der Waals surface area contributed by atoms with Gasteiger partial charge in [0.05, 0.1) is 33.5 Å². The lowest BCUT2D eigenvalue weighted by molar-refractivity contribution is -0.170. The molecule has 1 amide bonds. The number of hydrogen-bond donors (Lipinski definition) is 1. The highest BCUT2D eigenvalue weighted by atomic mass is 16.7. The number of carbonyl (C=O) groups excluding carboxylic acids is 3. The monoisotopic (exact) mass is 608 g/mol. The lowest BCUT2D eigenvalue weighted by Crippen LogP contribution is -2.47. The minimum atomic E-state index is -1.19. The Balaban J connectivity index is 1.50. The van der Waals surface area contributed by atoms with E-state index in [1.54, 1.807) is 6.92 Å². The van der Waals surface area contributed by atoms with Crippen molar-refractivity contribution in [3.63, 3.8) is 0 Å². The van der Waals surface area contributed by atoms with Crippen molar-refractivity contribution < 1.29 is 47.5 Å². The number of pyridine rings is 1. The molecule has 1 aromatic heterocycles. The molecule has 0 saturated carbocycles. The van der Waals surface area contributed by atoms with Crippen LogP contribution in [0.3, 0.4) is 0 Å². The van der Waals surface area contributed by atoms with E-state index in [1.165, 1.54) is 26.3 Å². The van der Waals surface area contributed by atoms with E-state index in [2.05, 4.69) is 10.3 Å². The van der Waals surface area contributed by atoms with Gasteiger partial charge >= 0.3 is 11.9 Å². The number of ether oxygens (including phenoxy) is 7. The minimum Gasteiger partial charge on any atom is -0.493 e. The molecule has 0 bridgehead atoms. The standard InChI is InChI=1S/C32H36N2O10/c1-21-29(41-17-24-12-8-5-9-13-24)27(40-16-23-10-6-4-7-11-23)19-39-18-25(32(37)44-21)34-31(36)28-30(43-20-42-22(2)35)26(38-3)14-15-33-28/h4-15,21,25,27,29H,16-20H2,1-3H3,(H,34,36)/t21-,25-,27-,29-/m0/s1. The van der Waals surface area contributed by atoms with E-state index in [9.17, 15) is 14.4 Å². The zero-order valence-corrected chi connectivity index (χ0v) is 24.8. The van der Waals surface area contributed by atoms with Gasteiger partial charge in [-0.25, -0.2) is 9.78 Å². The molecule has 0 spiro atoms. The third-order valence-electron chi connectivity index (χ3n) is 6.65. The van der Waals surface area contributed by atoms with E-state index in [0.717, 1.165) is 11.1 Å². The van der Waals surface area contributed by atoms with Crippen molar-refractivity contribution in [2.45, 2.75) is 51.4 Å². The number of esters is 2. The van der Waals surface area contributed by atoms with Crippen LogP contribution in [0.4, 0.5) is 0 Å². The third kappa shape index (κ3) is 9.24. The topological polar surface area (TPSA) is 141 Å². The van der Waals surface area contributed by atoms with Crippen molar-refractivity contribution in [3.8, 4) is 11.5 Å². The average molecular weight is 609 g/mol. The fraction of sp³-hybridized carbons (Fsp3) is 0.375. The Kier molecular flexibility index (Phi) is 12.0. The number of methoxy groups -OCH3 is 1. The number of hydrogen-bond acceptors (Lipinski definition) is 11. The number of aromatic nitrogens is 1. The van der Waals surface area contributed by atoms with Crippen LogP contribution in [-0.4, -0.2) is 74.3 Å². The maximum absolute atomic E-state index is 13.3. The molecule has 4 rings (SSSR count). The van der Waals surface area contributed by atoms with E-state index in [1.807, 2.05) is 60.7 Å². The smallest absolute Gasteiger partial charge is 0.331 e. The van der Waals surface area contributed by atoms with Crippen molar-refractivity contribution in [2.24, 2.45) is 0 Å². The second kappa shape index (κ2) is 16.4. The summed E-state index contributed by atoms with van der Waals surface area (Å²) in [5.74, 6) is -1.95. The summed E-state index contributed by atoms with van der Waals surface area (Å²) in [6, 6.07) is 19.5. The maximum atomic E-state index is 13.3. The Morgan fingerprint density at radius 3 is 2.25 bits per heavy atom. The molecule has 2 heterocycles. The fourth-order valence-corrected chi connectivity index (χ4v) is 4.42. The molecule has 12 nitrogen and oxygen atoms in total. The minimum absolute atomic E-state index is 0.0633. The number of rotatable bonds is 12. The second-order valence-electron chi connectivity index (χ2n) is 9.89. The number of cyclic esters (lactones) is 1. The fourth-order valence-electron chi connectivity index (χ4n) is 4.42. The Labute approximate surface area is 255 Å². The summed E-state index contributed by atoms with van der Waals surface area (Å²) in [5.41, 5.74) is 1.71. The van der Waals surface area contributed by atoms with Gasteiger partial charge in [0, 0.05) is 19.2 Å². The molecule has 44 heavy (non-hydrogen) atoms. The highest BCUT2D eigenvalue weighted by Crippen LogP contribution is 2.30. The van der Waals surface area contributed by atoms with Crippen molar-refractivity contribution >= 4 is 17.8 Å². The van der Waals surface area contributed by atoms with Crippen LogP contribution >= 0.6 is 0 Å². The molecule has 1 N–H and O–H groups in total. The van der Waals surface area contributed by atoms with E-state index in [4.69, 9.17) is 33.2 Å². The van der Waals surface area contributed by atoms with Crippen molar-refractivity contribution in [3.05, 3.63) is 89.7 Å². The summed E-state index contributed by atoms with van der Waals surface area (Å²) in [7, 11) is 1.38. The third-order valence-corrected chi connectivity index (χ3v) is 6.65. The lowest BCUT2D eigenvalue weighted by atomic mass is 10.1. The van der Waals surface area contributed by atoms with Gasteiger partial charge in [0.1, 0.15) is 18.3 Å². The summed E-state index contributed by atoms with van der Waals surface area (Å²) in [6.07, 6.45) is -0.697. The summed E-state index contributed by atoms with van der Waals surface area (Å²) in [4.78, 5) is 41.9. The van der Waals surface area contributed by atoms with E-state index in [-0.39, 0.29) is 37.0 Å². The molecule has 3 aromatic rings. The molecule has 1 aliphatic rings. The first-order chi connectivity index (χ1) is 21.4. The first kappa shape index (κ1) is 32.4. The summed E-state index contributed by atoms with van der Waals surface area (Å²) >= 11 is 0. The van der Waals surface area contributed by atoms with Crippen LogP contribution in [0.5, 0.6) is 11.5 Å². The summed E-state index contributed by atoms with van der Waals surface area (Å²) in [5, 5.41) is 2.61. The molecular weight excluding hydrogens is 572 g/mol. The molecule has 1 saturated heterocycles. The molecule has 12 heteroatoms. The van der Waals surface area contributed by atoms with Gasteiger partial charge in [-0.1, -0.05) is 60.7 Å². The first-order valence-corrected chi connectivity index (χ1v) is 14.0. The van der Waals surface area contributed by atoms with Gasteiger partial charge in [-0.15, -0.1) is 0 Å². The van der Waals surface area contributed by atoms with Crippen LogP contribution in [0.25, 0.3) is 0 Å². The second-order valence-corrected chi connectivity index (χ2v) is 9.89. The van der Waals surface area contributed by atoms with E-state index in [0.29, 0.717) is 6.61 Å². The van der Waals surface area contributed by atoms with Crippen molar-refractivity contribution in [1.29, 1.82) is 0 Å². The van der Waals surface area contributed by atoms with Gasteiger partial charge in [-0.2, -0.15) is 0 Å². The average Bonchev–Trinajstić information content (AvgIpc) is 3.08.